The Labute approximate surface area is 120 Å². The maximum atomic E-state index is 11.9. The molecule has 4 heteroatoms. The van der Waals surface area contributed by atoms with Crippen LogP contribution in [-0.2, 0) is 11.2 Å². The lowest BCUT2D eigenvalue weighted by atomic mass is 10.1. The van der Waals surface area contributed by atoms with Crippen molar-refractivity contribution in [2.45, 2.75) is 32.2 Å². The molecule has 1 fully saturated rings. The van der Waals surface area contributed by atoms with E-state index in [1.807, 2.05) is 12.1 Å². The molecule has 110 valence electrons. The van der Waals surface area contributed by atoms with Crippen LogP contribution in [0.15, 0.2) is 24.3 Å². The number of aliphatic hydroxyl groups excluding tert-OH is 1. The summed E-state index contributed by atoms with van der Waals surface area (Å²) in [5.74, 6) is 0.0546. The maximum absolute atomic E-state index is 11.9. The Morgan fingerprint density at radius 1 is 1.45 bits per heavy atom. The first-order valence-electron chi connectivity index (χ1n) is 7.37. The fourth-order valence-corrected chi connectivity index (χ4v) is 2.78. The molecule has 0 bridgehead atoms. The quantitative estimate of drug-likeness (QED) is 0.818. The lowest BCUT2D eigenvalue weighted by Gasteiger charge is -2.21. The average Bonchev–Trinajstić information content (AvgIpc) is 2.88. The Bertz CT molecular complexity index is 448. The predicted octanol–water partition coefficient (Wildman–Crippen LogP) is 1.11. The number of aliphatic hydroxyl groups is 1. The number of benzene rings is 1. The number of hydrogen-bond donors (Lipinski definition) is 2. The van der Waals surface area contributed by atoms with Gasteiger partial charge in [-0.1, -0.05) is 24.3 Å². The van der Waals surface area contributed by atoms with Crippen LogP contribution in [0.1, 0.15) is 24.0 Å². The van der Waals surface area contributed by atoms with Crippen LogP contribution in [-0.4, -0.2) is 48.2 Å². The fourth-order valence-electron chi connectivity index (χ4n) is 2.78. The molecule has 1 aromatic rings. The highest BCUT2D eigenvalue weighted by Gasteiger charge is 2.25. The van der Waals surface area contributed by atoms with E-state index in [1.54, 1.807) is 0 Å². The highest BCUT2D eigenvalue weighted by molar-refractivity contribution is 5.78. The molecule has 1 heterocycles. The summed E-state index contributed by atoms with van der Waals surface area (Å²) in [6.07, 6.45) is 2.93. The Hall–Kier alpha value is -1.39. The molecular weight excluding hydrogens is 252 g/mol. The number of carbonyl (C=O) groups excluding carboxylic acids is 1. The van der Waals surface area contributed by atoms with E-state index < -0.39 is 0 Å². The minimum atomic E-state index is 0.0546. The van der Waals surface area contributed by atoms with Crippen molar-refractivity contribution in [3.63, 3.8) is 0 Å². The summed E-state index contributed by atoms with van der Waals surface area (Å²) in [6, 6.07) is 8.41. The van der Waals surface area contributed by atoms with Crippen molar-refractivity contribution in [3.05, 3.63) is 35.4 Å². The Kier molecular flexibility index (Phi) is 5.56. The molecule has 0 radical (unpaired) electrons. The van der Waals surface area contributed by atoms with Gasteiger partial charge in [-0.15, -0.1) is 0 Å². The van der Waals surface area contributed by atoms with Crippen molar-refractivity contribution in [3.8, 4) is 0 Å². The van der Waals surface area contributed by atoms with Crippen molar-refractivity contribution >= 4 is 5.91 Å². The van der Waals surface area contributed by atoms with Gasteiger partial charge in [0.1, 0.15) is 0 Å². The minimum Gasteiger partial charge on any atom is -0.395 e. The second-order valence-corrected chi connectivity index (χ2v) is 5.48. The SMILES string of the molecule is Cc1ccccc1CCNC(=O)CN1CCC[C@@H]1CO. The summed E-state index contributed by atoms with van der Waals surface area (Å²) in [5, 5.41) is 12.2. The number of rotatable bonds is 6. The molecule has 0 spiro atoms. The second-order valence-electron chi connectivity index (χ2n) is 5.48. The third-order valence-electron chi connectivity index (χ3n) is 4.03. The van der Waals surface area contributed by atoms with E-state index in [1.165, 1.54) is 11.1 Å². The lowest BCUT2D eigenvalue weighted by molar-refractivity contribution is -0.122. The lowest BCUT2D eigenvalue weighted by Crippen LogP contribution is -2.41. The molecule has 1 atom stereocenters. The zero-order chi connectivity index (χ0) is 14.4. The van der Waals surface area contributed by atoms with Crippen LogP contribution in [0.2, 0.25) is 0 Å². The van der Waals surface area contributed by atoms with Gasteiger partial charge in [-0.2, -0.15) is 0 Å². The van der Waals surface area contributed by atoms with Gasteiger partial charge in [0.2, 0.25) is 5.91 Å². The minimum absolute atomic E-state index is 0.0546. The van der Waals surface area contributed by atoms with E-state index >= 15 is 0 Å². The van der Waals surface area contributed by atoms with Gasteiger partial charge in [-0.3, -0.25) is 9.69 Å². The van der Waals surface area contributed by atoms with Crippen LogP contribution in [0.4, 0.5) is 0 Å². The number of aryl methyl sites for hydroxylation is 1. The summed E-state index contributed by atoms with van der Waals surface area (Å²) >= 11 is 0. The molecule has 0 aliphatic carbocycles. The van der Waals surface area contributed by atoms with Crippen molar-refractivity contribution < 1.29 is 9.90 Å². The van der Waals surface area contributed by atoms with Crippen LogP contribution in [0.3, 0.4) is 0 Å². The highest BCUT2D eigenvalue weighted by Crippen LogP contribution is 2.15. The zero-order valence-electron chi connectivity index (χ0n) is 12.1. The summed E-state index contributed by atoms with van der Waals surface area (Å²) in [7, 11) is 0. The average molecular weight is 276 g/mol. The molecular formula is C16H24N2O2. The van der Waals surface area contributed by atoms with Crippen LogP contribution in [0.5, 0.6) is 0 Å². The molecule has 2 N–H and O–H groups in total. The summed E-state index contributed by atoms with van der Waals surface area (Å²) in [5.41, 5.74) is 2.55. The third-order valence-corrected chi connectivity index (χ3v) is 4.03. The van der Waals surface area contributed by atoms with Crippen LogP contribution < -0.4 is 5.32 Å². The number of nitrogens with one attached hydrogen (secondary N) is 1. The Morgan fingerprint density at radius 3 is 3.00 bits per heavy atom. The normalized spacial score (nSPS) is 19.2. The topological polar surface area (TPSA) is 52.6 Å². The van der Waals surface area contributed by atoms with Gasteiger partial charge in [0.25, 0.3) is 0 Å². The Morgan fingerprint density at radius 2 is 2.25 bits per heavy atom. The molecule has 1 aromatic carbocycles. The van der Waals surface area contributed by atoms with E-state index in [2.05, 4.69) is 29.3 Å². The number of carbonyl (C=O) groups is 1. The summed E-state index contributed by atoms with van der Waals surface area (Å²) in [4.78, 5) is 14.0. The molecule has 20 heavy (non-hydrogen) atoms. The maximum Gasteiger partial charge on any atom is 0.234 e. The van der Waals surface area contributed by atoms with E-state index in [4.69, 9.17) is 0 Å². The van der Waals surface area contributed by atoms with Gasteiger partial charge in [0.15, 0.2) is 0 Å². The van der Waals surface area contributed by atoms with Gasteiger partial charge in [-0.05, 0) is 43.9 Å². The first-order chi connectivity index (χ1) is 9.70. The molecule has 0 aromatic heterocycles. The zero-order valence-corrected chi connectivity index (χ0v) is 12.1. The van der Waals surface area contributed by atoms with Crippen LogP contribution in [0.25, 0.3) is 0 Å². The van der Waals surface area contributed by atoms with Gasteiger partial charge >= 0.3 is 0 Å². The van der Waals surface area contributed by atoms with Crippen LogP contribution >= 0.6 is 0 Å². The van der Waals surface area contributed by atoms with Gasteiger partial charge in [0, 0.05) is 12.6 Å². The van der Waals surface area contributed by atoms with E-state index in [-0.39, 0.29) is 18.6 Å². The van der Waals surface area contributed by atoms with E-state index in [0.29, 0.717) is 13.1 Å². The highest BCUT2D eigenvalue weighted by atomic mass is 16.3. The third kappa shape index (κ3) is 4.05. The molecule has 0 saturated carbocycles. The molecule has 2 rings (SSSR count). The molecule has 1 aliphatic heterocycles. The molecule has 1 amide bonds. The van der Waals surface area contributed by atoms with Gasteiger partial charge < -0.3 is 10.4 Å². The van der Waals surface area contributed by atoms with Crippen molar-refractivity contribution in [2.75, 3.05) is 26.2 Å². The summed E-state index contributed by atoms with van der Waals surface area (Å²) < 4.78 is 0. The smallest absolute Gasteiger partial charge is 0.234 e. The first-order valence-corrected chi connectivity index (χ1v) is 7.37. The molecule has 4 nitrogen and oxygen atoms in total. The number of amides is 1. The largest absolute Gasteiger partial charge is 0.395 e. The Balaban J connectivity index is 1.72. The summed E-state index contributed by atoms with van der Waals surface area (Å²) in [6.45, 7) is 4.22. The second kappa shape index (κ2) is 7.41. The van der Waals surface area contributed by atoms with Crippen molar-refractivity contribution in [1.82, 2.24) is 10.2 Å². The predicted molar refractivity (Wildman–Crippen MR) is 79.6 cm³/mol. The number of nitrogens with zero attached hydrogens (tertiary/aromatic N) is 1. The fraction of sp³-hybridized carbons (Fsp3) is 0.562. The van der Waals surface area contributed by atoms with E-state index in [0.717, 1.165) is 25.8 Å². The molecule has 1 aliphatic rings. The monoisotopic (exact) mass is 276 g/mol. The van der Waals surface area contributed by atoms with Gasteiger partial charge in [-0.25, -0.2) is 0 Å². The molecule has 0 unspecified atom stereocenters. The standard InChI is InChI=1S/C16H24N2O2/c1-13-5-2-3-6-14(13)8-9-17-16(20)11-18-10-4-7-15(18)12-19/h2-3,5-6,15,19H,4,7-12H2,1H3,(H,17,20)/t15-/m1/s1. The van der Waals surface area contributed by atoms with Gasteiger partial charge in [0.05, 0.1) is 13.2 Å². The molecule has 1 saturated heterocycles. The number of hydrogen-bond acceptors (Lipinski definition) is 3. The van der Waals surface area contributed by atoms with Crippen LogP contribution in [0, 0.1) is 6.92 Å². The number of likely N-dealkylation sites (tertiary alicyclic amines) is 1. The van der Waals surface area contributed by atoms with E-state index in [9.17, 15) is 9.90 Å². The first kappa shape index (κ1) is 15.0. The van der Waals surface area contributed by atoms with Crippen molar-refractivity contribution in [2.24, 2.45) is 0 Å². The van der Waals surface area contributed by atoms with Crippen molar-refractivity contribution in [1.29, 1.82) is 0 Å².